The molecule has 4 heterocycles. The van der Waals surface area contributed by atoms with E-state index in [1.54, 1.807) is 0 Å². The van der Waals surface area contributed by atoms with E-state index in [1.807, 2.05) is 18.0 Å². The number of hydrogen-bond donors (Lipinski definition) is 1. The van der Waals surface area contributed by atoms with Gasteiger partial charge in [0.2, 0.25) is 5.71 Å². The van der Waals surface area contributed by atoms with Gasteiger partial charge in [0.05, 0.1) is 23.2 Å². The van der Waals surface area contributed by atoms with Gasteiger partial charge in [-0.1, -0.05) is 13.8 Å². The van der Waals surface area contributed by atoms with Crippen molar-refractivity contribution in [1.29, 1.82) is 0 Å². The minimum atomic E-state index is -0.0828. The van der Waals surface area contributed by atoms with Crippen LogP contribution in [0.25, 0.3) is 11.1 Å². The minimum absolute atomic E-state index is 0.0273. The summed E-state index contributed by atoms with van der Waals surface area (Å²) in [6, 6.07) is 0. The summed E-state index contributed by atoms with van der Waals surface area (Å²) in [6.07, 6.45) is 6.32. The first-order valence-electron chi connectivity index (χ1n) is 10.5. The Morgan fingerprint density at radius 2 is 2.07 bits per heavy atom. The molecule has 1 saturated carbocycles. The number of nitrogens with one attached hydrogen (secondary N) is 1. The number of rotatable bonds is 4. The zero-order chi connectivity index (χ0) is 21.0. The molecule has 5 rings (SSSR count). The third kappa shape index (κ3) is 3.30. The first-order chi connectivity index (χ1) is 14.3. The number of amides is 1. The molecule has 0 radical (unpaired) electrons. The lowest BCUT2D eigenvalue weighted by Gasteiger charge is -2.28. The van der Waals surface area contributed by atoms with E-state index in [-0.39, 0.29) is 17.4 Å². The van der Waals surface area contributed by atoms with Gasteiger partial charge in [-0.15, -0.1) is 0 Å². The van der Waals surface area contributed by atoms with Gasteiger partial charge >= 0.3 is 0 Å². The van der Waals surface area contributed by atoms with Gasteiger partial charge in [0.15, 0.2) is 0 Å². The highest BCUT2D eigenvalue weighted by atomic mass is 16.3. The molecule has 1 N–H and O–H groups in total. The van der Waals surface area contributed by atoms with Crippen LogP contribution in [0, 0.1) is 6.92 Å². The van der Waals surface area contributed by atoms with Crippen LogP contribution in [0.4, 0.5) is 5.82 Å². The van der Waals surface area contributed by atoms with Gasteiger partial charge < -0.3 is 14.6 Å². The molecule has 0 atom stereocenters. The third-order valence-corrected chi connectivity index (χ3v) is 5.96. The Labute approximate surface area is 175 Å². The average Bonchev–Trinajstić information content (AvgIpc) is 3.28. The van der Waals surface area contributed by atoms with Crippen molar-refractivity contribution in [3.8, 4) is 0 Å². The van der Waals surface area contributed by atoms with E-state index in [1.165, 1.54) is 6.26 Å². The van der Waals surface area contributed by atoms with Crippen LogP contribution in [0.2, 0.25) is 0 Å². The molecule has 0 saturated heterocycles. The normalized spacial score (nSPS) is 17.3. The van der Waals surface area contributed by atoms with Gasteiger partial charge in [0.1, 0.15) is 23.7 Å². The minimum Gasteiger partial charge on any atom is -0.445 e. The van der Waals surface area contributed by atoms with Crippen LogP contribution < -0.4 is 5.32 Å². The Bertz CT molecular complexity index is 1150. The zero-order valence-electron chi connectivity index (χ0n) is 17.8. The molecule has 0 unspecified atom stereocenters. The summed E-state index contributed by atoms with van der Waals surface area (Å²) in [5.74, 6) is 2.27. The molecular weight excluding hydrogens is 380 g/mol. The molecule has 3 aromatic rings. The van der Waals surface area contributed by atoms with Crippen molar-refractivity contribution in [3.05, 3.63) is 40.9 Å². The number of carbonyl (C=O) groups is 1. The summed E-state index contributed by atoms with van der Waals surface area (Å²) in [5.41, 5.74) is 3.01. The maximum absolute atomic E-state index is 13.5. The largest absolute Gasteiger partial charge is 0.445 e. The van der Waals surface area contributed by atoms with Crippen molar-refractivity contribution in [2.75, 3.05) is 11.9 Å². The fourth-order valence-electron chi connectivity index (χ4n) is 3.84. The molecule has 8 heteroatoms. The fourth-order valence-corrected chi connectivity index (χ4v) is 3.84. The van der Waals surface area contributed by atoms with Crippen LogP contribution in [0.5, 0.6) is 0 Å². The molecule has 2 aliphatic rings. The summed E-state index contributed by atoms with van der Waals surface area (Å²) < 4.78 is 5.67. The molecule has 30 heavy (non-hydrogen) atoms. The number of nitrogens with zero attached hydrogens (tertiary/aromatic N) is 5. The van der Waals surface area contributed by atoms with Crippen molar-refractivity contribution >= 4 is 22.8 Å². The smallest absolute Gasteiger partial charge is 0.258 e. The Balaban J connectivity index is 1.49. The predicted molar refractivity (Wildman–Crippen MR) is 112 cm³/mol. The van der Waals surface area contributed by atoms with Crippen molar-refractivity contribution in [2.45, 2.75) is 65.0 Å². The highest BCUT2D eigenvalue weighted by Gasteiger charge is 2.39. The lowest BCUT2D eigenvalue weighted by molar-refractivity contribution is 0.0732. The maximum Gasteiger partial charge on any atom is 0.258 e. The molecule has 1 fully saturated rings. The van der Waals surface area contributed by atoms with Gasteiger partial charge in [-0.25, -0.2) is 15.0 Å². The molecule has 1 aliphatic heterocycles. The maximum atomic E-state index is 13.5. The quantitative estimate of drug-likeness (QED) is 0.707. The molecule has 1 amide bonds. The van der Waals surface area contributed by atoms with Crippen molar-refractivity contribution in [1.82, 2.24) is 24.8 Å². The fraction of sp³-hybridized carbons (Fsp3) is 0.500. The summed E-state index contributed by atoms with van der Waals surface area (Å²) in [7, 11) is 0. The number of aryl methyl sites for hydroxylation is 1. The Hall–Kier alpha value is -3.03. The van der Waals surface area contributed by atoms with E-state index >= 15 is 0 Å². The second-order valence-electron chi connectivity index (χ2n) is 8.97. The van der Waals surface area contributed by atoms with Gasteiger partial charge in [-0.2, -0.15) is 4.98 Å². The summed E-state index contributed by atoms with van der Waals surface area (Å²) >= 11 is 0. The van der Waals surface area contributed by atoms with E-state index in [0.717, 1.165) is 36.3 Å². The Morgan fingerprint density at radius 3 is 2.80 bits per heavy atom. The first-order valence-corrected chi connectivity index (χ1v) is 10.5. The van der Waals surface area contributed by atoms with Crippen LogP contribution in [0.1, 0.15) is 72.8 Å². The first kappa shape index (κ1) is 19.0. The van der Waals surface area contributed by atoms with E-state index in [4.69, 9.17) is 9.40 Å². The van der Waals surface area contributed by atoms with E-state index in [2.05, 4.69) is 41.0 Å². The van der Waals surface area contributed by atoms with Crippen LogP contribution in [-0.2, 0) is 13.0 Å². The SMILES string of the molecule is Cc1nc(NC2(C)CC2)c2c(C(=O)N3CCc4cnc(C(C)C)nc4C3)coc2n1. The zero-order valence-corrected chi connectivity index (χ0v) is 17.8. The standard InChI is InChI=1S/C22H26N6O2/c1-12(2)18-23-9-14-5-8-28(10-16(14)26-18)21(29)15-11-30-20-17(15)19(24-13(3)25-20)27-22(4)6-7-22/h9,11-12H,5-8,10H2,1-4H3,(H,24,25,27). The van der Waals surface area contributed by atoms with Crippen LogP contribution in [0.3, 0.4) is 0 Å². The second-order valence-corrected chi connectivity index (χ2v) is 8.97. The van der Waals surface area contributed by atoms with Gasteiger partial charge in [-0.3, -0.25) is 4.79 Å². The average molecular weight is 406 g/mol. The number of carbonyl (C=O) groups excluding carboxylic acids is 1. The number of furan rings is 1. The Kier molecular flexibility index (Phi) is 4.27. The van der Waals surface area contributed by atoms with Crippen molar-refractivity contribution in [2.24, 2.45) is 0 Å². The third-order valence-electron chi connectivity index (χ3n) is 5.96. The van der Waals surface area contributed by atoms with Crippen molar-refractivity contribution in [3.63, 3.8) is 0 Å². The Morgan fingerprint density at radius 1 is 1.27 bits per heavy atom. The van der Waals surface area contributed by atoms with E-state index in [0.29, 0.717) is 41.4 Å². The van der Waals surface area contributed by atoms with Crippen LogP contribution in [0.15, 0.2) is 16.9 Å². The highest BCUT2D eigenvalue weighted by molar-refractivity contribution is 6.09. The van der Waals surface area contributed by atoms with Crippen LogP contribution >= 0.6 is 0 Å². The number of aromatic nitrogens is 4. The molecular formula is C22H26N6O2. The molecule has 0 aromatic carbocycles. The molecule has 156 valence electrons. The number of anilines is 1. The molecule has 0 spiro atoms. The number of fused-ring (bicyclic) bond motifs is 2. The second kappa shape index (κ2) is 6.75. The van der Waals surface area contributed by atoms with Gasteiger partial charge in [0.25, 0.3) is 5.91 Å². The van der Waals surface area contributed by atoms with Gasteiger partial charge in [-0.05, 0) is 38.7 Å². The van der Waals surface area contributed by atoms with Crippen molar-refractivity contribution < 1.29 is 9.21 Å². The van der Waals surface area contributed by atoms with E-state index in [9.17, 15) is 4.79 Å². The van der Waals surface area contributed by atoms with Crippen LogP contribution in [-0.4, -0.2) is 42.8 Å². The van der Waals surface area contributed by atoms with Gasteiger partial charge in [0, 0.05) is 24.2 Å². The molecule has 3 aromatic heterocycles. The highest BCUT2D eigenvalue weighted by Crippen LogP contribution is 2.40. The number of hydrogen-bond acceptors (Lipinski definition) is 7. The summed E-state index contributed by atoms with van der Waals surface area (Å²) in [6.45, 7) is 9.22. The summed E-state index contributed by atoms with van der Waals surface area (Å²) in [4.78, 5) is 33.4. The monoisotopic (exact) mass is 406 g/mol. The lowest BCUT2D eigenvalue weighted by Crippen LogP contribution is -2.36. The molecule has 1 aliphatic carbocycles. The predicted octanol–water partition coefficient (Wildman–Crippen LogP) is 3.61. The van der Waals surface area contributed by atoms with E-state index < -0.39 is 0 Å². The topological polar surface area (TPSA) is 97.0 Å². The molecule has 8 nitrogen and oxygen atoms in total. The summed E-state index contributed by atoms with van der Waals surface area (Å²) in [5, 5.41) is 4.16. The molecule has 0 bridgehead atoms. The lowest BCUT2D eigenvalue weighted by atomic mass is 10.0.